The summed E-state index contributed by atoms with van der Waals surface area (Å²) in [6, 6.07) is 0. The highest BCUT2D eigenvalue weighted by Gasteiger charge is 2.28. The number of piperidine rings is 1. The van der Waals surface area contributed by atoms with Crippen LogP contribution in [0, 0.1) is 5.92 Å². The predicted octanol–water partition coefficient (Wildman–Crippen LogP) is -0.213. The highest BCUT2D eigenvalue weighted by molar-refractivity contribution is 7.87. The molecule has 1 rings (SSSR count). The molecule has 1 saturated heterocycles. The van der Waals surface area contributed by atoms with Gasteiger partial charge >= 0.3 is 0 Å². The zero-order valence-corrected chi connectivity index (χ0v) is 12.3. The molecule has 0 aromatic rings. The van der Waals surface area contributed by atoms with Gasteiger partial charge in [-0.25, -0.2) is 0 Å². The van der Waals surface area contributed by atoms with Crippen molar-refractivity contribution in [3.05, 3.63) is 0 Å². The van der Waals surface area contributed by atoms with E-state index in [9.17, 15) is 8.42 Å². The molecular weight excluding hydrogens is 254 g/mol. The maximum atomic E-state index is 12.1. The van der Waals surface area contributed by atoms with Gasteiger partial charge in [0.25, 0.3) is 10.2 Å². The van der Waals surface area contributed by atoms with Gasteiger partial charge < -0.3 is 10.1 Å². The van der Waals surface area contributed by atoms with Crippen molar-refractivity contribution in [2.45, 2.75) is 25.9 Å². The monoisotopic (exact) mass is 279 g/mol. The molecule has 0 amide bonds. The van der Waals surface area contributed by atoms with Gasteiger partial charge in [-0.15, -0.1) is 0 Å². The Hall–Kier alpha value is -0.210. The van der Waals surface area contributed by atoms with Crippen LogP contribution >= 0.6 is 0 Å². The molecule has 7 heteroatoms. The second kappa shape index (κ2) is 7.40. The number of rotatable bonds is 7. The van der Waals surface area contributed by atoms with Gasteiger partial charge in [-0.3, -0.25) is 0 Å². The van der Waals surface area contributed by atoms with E-state index in [1.807, 2.05) is 14.0 Å². The number of ether oxygens (including phenoxy) is 1. The molecule has 1 fully saturated rings. The molecule has 6 nitrogen and oxygen atoms in total. The van der Waals surface area contributed by atoms with Crippen LogP contribution in [0.1, 0.15) is 19.8 Å². The maximum Gasteiger partial charge on any atom is 0.279 e. The molecule has 1 aliphatic rings. The Labute approximate surface area is 110 Å². The average molecular weight is 279 g/mol. The van der Waals surface area contributed by atoms with Crippen LogP contribution in [0.3, 0.4) is 0 Å². The van der Waals surface area contributed by atoms with Gasteiger partial charge in [-0.05, 0) is 39.3 Å². The molecule has 1 heterocycles. The third-order valence-electron chi connectivity index (χ3n) is 3.27. The summed E-state index contributed by atoms with van der Waals surface area (Å²) in [5.41, 5.74) is 0. The van der Waals surface area contributed by atoms with Gasteiger partial charge in [-0.1, -0.05) is 0 Å². The van der Waals surface area contributed by atoms with Crippen LogP contribution in [0.2, 0.25) is 0 Å². The van der Waals surface area contributed by atoms with Gasteiger partial charge in [0.05, 0.1) is 6.10 Å². The van der Waals surface area contributed by atoms with E-state index in [-0.39, 0.29) is 6.10 Å². The van der Waals surface area contributed by atoms with Crippen LogP contribution in [-0.4, -0.2) is 59.2 Å². The Morgan fingerprint density at radius 3 is 2.83 bits per heavy atom. The highest BCUT2D eigenvalue weighted by atomic mass is 32.2. The lowest BCUT2D eigenvalue weighted by Gasteiger charge is -2.32. The summed E-state index contributed by atoms with van der Waals surface area (Å²) in [5.74, 6) is 0.403. The van der Waals surface area contributed by atoms with Crippen LogP contribution in [-0.2, 0) is 14.9 Å². The molecule has 1 aliphatic heterocycles. The van der Waals surface area contributed by atoms with Crippen molar-refractivity contribution in [3.8, 4) is 0 Å². The molecule has 0 aromatic heterocycles. The number of methoxy groups -OCH3 is 1. The van der Waals surface area contributed by atoms with Crippen molar-refractivity contribution in [2.75, 3.05) is 40.3 Å². The predicted molar refractivity (Wildman–Crippen MR) is 71.6 cm³/mol. The molecular formula is C11H25N3O3S. The van der Waals surface area contributed by atoms with Gasteiger partial charge in [0.1, 0.15) is 0 Å². The topological polar surface area (TPSA) is 70.7 Å². The molecule has 0 spiro atoms. The molecule has 0 radical (unpaired) electrons. The standard InChI is InChI=1S/C11H25N3O3S/c1-10(17-3)7-13-18(15,16)14-6-4-5-11(9-14)8-12-2/h10-13H,4-9H2,1-3H3. The van der Waals surface area contributed by atoms with E-state index in [2.05, 4.69) is 10.0 Å². The number of hydrogen-bond acceptors (Lipinski definition) is 4. The zero-order valence-electron chi connectivity index (χ0n) is 11.5. The Bertz CT molecular complexity index is 332. The quantitative estimate of drug-likeness (QED) is 0.676. The van der Waals surface area contributed by atoms with Crippen molar-refractivity contribution in [1.82, 2.24) is 14.3 Å². The van der Waals surface area contributed by atoms with E-state index in [4.69, 9.17) is 4.74 Å². The minimum atomic E-state index is -3.36. The first-order valence-electron chi connectivity index (χ1n) is 6.41. The smallest absolute Gasteiger partial charge is 0.279 e. The molecule has 0 aliphatic carbocycles. The Morgan fingerprint density at radius 2 is 2.22 bits per heavy atom. The van der Waals surface area contributed by atoms with Crippen molar-refractivity contribution in [2.24, 2.45) is 5.92 Å². The van der Waals surface area contributed by atoms with Gasteiger partial charge in [-0.2, -0.15) is 17.4 Å². The first-order valence-corrected chi connectivity index (χ1v) is 7.85. The lowest BCUT2D eigenvalue weighted by Crippen LogP contribution is -2.48. The Balaban J connectivity index is 2.50. The summed E-state index contributed by atoms with van der Waals surface area (Å²) in [5, 5.41) is 3.11. The second-order valence-electron chi connectivity index (χ2n) is 4.82. The molecule has 108 valence electrons. The molecule has 2 atom stereocenters. The minimum absolute atomic E-state index is 0.113. The van der Waals surface area contributed by atoms with Crippen molar-refractivity contribution in [3.63, 3.8) is 0 Å². The normalized spacial score (nSPS) is 24.1. The molecule has 0 aromatic carbocycles. The largest absolute Gasteiger partial charge is 0.380 e. The van der Waals surface area contributed by atoms with E-state index < -0.39 is 10.2 Å². The van der Waals surface area contributed by atoms with Gasteiger partial charge in [0.2, 0.25) is 0 Å². The lowest BCUT2D eigenvalue weighted by molar-refractivity contribution is 0.121. The molecule has 2 N–H and O–H groups in total. The number of nitrogens with one attached hydrogen (secondary N) is 2. The first kappa shape index (κ1) is 15.8. The van der Waals surface area contributed by atoms with E-state index in [1.54, 1.807) is 11.4 Å². The molecule has 0 bridgehead atoms. The molecule has 0 saturated carbocycles. The maximum absolute atomic E-state index is 12.1. The number of nitrogens with zero attached hydrogens (tertiary/aromatic N) is 1. The average Bonchev–Trinajstić information content (AvgIpc) is 2.37. The van der Waals surface area contributed by atoms with Crippen molar-refractivity contribution in [1.29, 1.82) is 0 Å². The summed E-state index contributed by atoms with van der Waals surface area (Å²) in [4.78, 5) is 0. The summed E-state index contributed by atoms with van der Waals surface area (Å²) in [6.45, 7) is 4.21. The van der Waals surface area contributed by atoms with E-state index in [0.717, 1.165) is 19.4 Å². The fourth-order valence-corrected chi connectivity index (χ4v) is 3.50. The molecule has 2 unspecified atom stereocenters. The summed E-state index contributed by atoms with van der Waals surface area (Å²) < 4.78 is 33.4. The molecule has 18 heavy (non-hydrogen) atoms. The fourth-order valence-electron chi connectivity index (χ4n) is 2.10. The van der Waals surface area contributed by atoms with E-state index >= 15 is 0 Å². The van der Waals surface area contributed by atoms with Crippen molar-refractivity contribution >= 4 is 10.2 Å². The van der Waals surface area contributed by atoms with Gasteiger partial charge in [0.15, 0.2) is 0 Å². The van der Waals surface area contributed by atoms with Crippen LogP contribution < -0.4 is 10.0 Å². The zero-order chi connectivity index (χ0) is 13.6. The fraction of sp³-hybridized carbons (Fsp3) is 1.00. The highest BCUT2D eigenvalue weighted by Crippen LogP contribution is 2.17. The SMILES string of the molecule is CNCC1CCCN(S(=O)(=O)NCC(C)OC)C1. The third kappa shape index (κ3) is 4.81. The lowest BCUT2D eigenvalue weighted by atomic mass is 10.00. The summed E-state index contributed by atoms with van der Waals surface area (Å²) in [7, 11) is 0.103. The van der Waals surface area contributed by atoms with E-state index in [0.29, 0.717) is 25.6 Å². The summed E-state index contributed by atoms with van der Waals surface area (Å²) >= 11 is 0. The van der Waals surface area contributed by atoms with Gasteiger partial charge in [0, 0.05) is 26.7 Å². The third-order valence-corrected chi connectivity index (χ3v) is 4.81. The van der Waals surface area contributed by atoms with Crippen LogP contribution in [0.4, 0.5) is 0 Å². The minimum Gasteiger partial charge on any atom is -0.380 e. The Kier molecular flexibility index (Phi) is 6.51. The Morgan fingerprint density at radius 1 is 1.50 bits per heavy atom. The van der Waals surface area contributed by atoms with E-state index in [1.165, 1.54) is 0 Å². The first-order chi connectivity index (χ1) is 8.49. The van der Waals surface area contributed by atoms with Crippen LogP contribution in [0.25, 0.3) is 0 Å². The summed E-state index contributed by atoms with van der Waals surface area (Å²) in [6.07, 6.45) is 1.90. The van der Waals surface area contributed by atoms with Crippen LogP contribution in [0.15, 0.2) is 0 Å². The van der Waals surface area contributed by atoms with Crippen LogP contribution in [0.5, 0.6) is 0 Å². The number of hydrogen-bond donors (Lipinski definition) is 2. The second-order valence-corrected chi connectivity index (χ2v) is 6.58. The van der Waals surface area contributed by atoms with Crippen molar-refractivity contribution < 1.29 is 13.2 Å².